The van der Waals surface area contributed by atoms with E-state index in [-0.39, 0.29) is 22.7 Å². The molecule has 0 spiro atoms. The van der Waals surface area contributed by atoms with E-state index in [1.807, 2.05) is 6.07 Å². The van der Waals surface area contributed by atoms with Crippen molar-refractivity contribution in [2.75, 3.05) is 19.1 Å². The number of halogens is 1. The minimum atomic E-state index is -1.50. The predicted octanol–water partition coefficient (Wildman–Crippen LogP) is 2.42. The monoisotopic (exact) mass is 451 g/mol. The third-order valence-electron chi connectivity index (χ3n) is 5.05. The number of carbonyl (C=O) groups is 3. The first-order chi connectivity index (χ1) is 15.8. The van der Waals surface area contributed by atoms with E-state index in [0.717, 1.165) is 31.3 Å². The minimum absolute atomic E-state index is 0.100. The normalized spacial score (nSPS) is 15.7. The number of hydrogen-bond acceptors (Lipinski definition) is 8. The number of esters is 2. The summed E-state index contributed by atoms with van der Waals surface area (Å²) in [5.41, 5.74) is 5.30. The number of carbonyl (C=O) groups excluding carboxylic acids is 2. The van der Waals surface area contributed by atoms with E-state index in [4.69, 9.17) is 20.3 Å². The van der Waals surface area contributed by atoms with Crippen LogP contribution in [0.15, 0.2) is 71.2 Å². The summed E-state index contributed by atoms with van der Waals surface area (Å²) >= 11 is 0. The average Bonchev–Trinajstić information content (AvgIpc) is 2.82. The molecule has 0 fully saturated rings. The highest BCUT2D eigenvalue weighted by Crippen LogP contribution is 2.43. The second kappa shape index (κ2) is 9.23. The first-order valence-electron chi connectivity index (χ1n) is 9.45. The molecule has 0 aliphatic carbocycles. The number of methoxy groups -OCH3 is 2. The zero-order valence-corrected chi connectivity index (χ0v) is 17.5. The van der Waals surface area contributed by atoms with Gasteiger partial charge in [0.05, 0.1) is 48.6 Å². The van der Waals surface area contributed by atoms with Gasteiger partial charge in [-0.1, -0.05) is 30.3 Å². The van der Waals surface area contributed by atoms with Gasteiger partial charge in [0.15, 0.2) is 0 Å². The van der Waals surface area contributed by atoms with Crippen LogP contribution in [0.5, 0.6) is 0 Å². The second-order valence-corrected chi connectivity index (χ2v) is 6.80. The number of nitrogens with two attached hydrogens (primary N) is 1. The van der Waals surface area contributed by atoms with Crippen LogP contribution >= 0.6 is 0 Å². The van der Waals surface area contributed by atoms with Crippen LogP contribution in [-0.2, 0) is 19.1 Å². The number of nitriles is 1. The van der Waals surface area contributed by atoms with Gasteiger partial charge in [0, 0.05) is 0 Å². The fraction of sp³-hybridized carbons (Fsp3) is 0.130. The number of carboxylic acid groups (broad SMARTS) is 1. The van der Waals surface area contributed by atoms with Crippen LogP contribution < -0.4 is 10.6 Å². The lowest BCUT2D eigenvalue weighted by molar-refractivity contribution is -0.139. The molecule has 1 atom stereocenters. The Balaban J connectivity index is 2.40. The Kier molecular flexibility index (Phi) is 6.44. The topological polar surface area (TPSA) is 143 Å². The van der Waals surface area contributed by atoms with E-state index >= 15 is 0 Å². The maximum atomic E-state index is 14.5. The van der Waals surface area contributed by atoms with Crippen LogP contribution in [0.25, 0.3) is 0 Å². The first-order valence-corrected chi connectivity index (χ1v) is 9.45. The molecular formula is C23H18FN3O6. The van der Waals surface area contributed by atoms with Crippen LogP contribution in [0.3, 0.4) is 0 Å². The molecule has 0 amide bonds. The number of allylic oxidation sites excluding steroid dienone is 1. The van der Waals surface area contributed by atoms with Gasteiger partial charge in [0.1, 0.15) is 17.3 Å². The fourth-order valence-electron chi connectivity index (χ4n) is 3.60. The molecule has 9 nitrogen and oxygen atoms in total. The smallest absolute Gasteiger partial charge is 0.355 e. The van der Waals surface area contributed by atoms with Gasteiger partial charge in [-0.2, -0.15) is 5.26 Å². The molecule has 0 aromatic heterocycles. The van der Waals surface area contributed by atoms with Crippen molar-refractivity contribution in [3.63, 3.8) is 0 Å². The molecule has 2 aromatic carbocycles. The molecule has 1 heterocycles. The van der Waals surface area contributed by atoms with Crippen molar-refractivity contribution >= 4 is 23.6 Å². The minimum Gasteiger partial charge on any atom is -0.478 e. The molecule has 0 saturated heterocycles. The molecule has 0 bridgehead atoms. The Morgan fingerprint density at radius 3 is 2.24 bits per heavy atom. The van der Waals surface area contributed by atoms with Crippen LogP contribution in [-0.4, -0.2) is 37.2 Å². The number of ether oxygens (including phenoxy) is 2. The quantitative estimate of drug-likeness (QED) is 0.655. The van der Waals surface area contributed by atoms with Gasteiger partial charge >= 0.3 is 17.9 Å². The van der Waals surface area contributed by atoms with Crippen LogP contribution in [0.4, 0.5) is 10.1 Å². The molecule has 3 rings (SSSR count). The molecular weight excluding hydrogens is 433 g/mol. The summed E-state index contributed by atoms with van der Waals surface area (Å²) in [5.74, 6) is -5.88. The summed E-state index contributed by atoms with van der Waals surface area (Å²) in [6, 6.07) is 13.3. The summed E-state index contributed by atoms with van der Waals surface area (Å²) < 4.78 is 24.2. The first kappa shape index (κ1) is 23.0. The predicted molar refractivity (Wildman–Crippen MR) is 113 cm³/mol. The Morgan fingerprint density at radius 1 is 1.09 bits per heavy atom. The number of aromatic carboxylic acids is 1. The second-order valence-electron chi connectivity index (χ2n) is 6.80. The molecule has 1 aliphatic heterocycles. The van der Waals surface area contributed by atoms with E-state index in [9.17, 15) is 24.0 Å². The lowest BCUT2D eigenvalue weighted by atomic mass is 9.81. The van der Waals surface area contributed by atoms with E-state index < -0.39 is 40.9 Å². The molecule has 2 aromatic rings. The van der Waals surface area contributed by atoms with Gasteiger partial charge in [0.25, 0.3) is 0 Å². The number of anilines is 1. The van der Waals surface area contributed by atoms with Crippen molar-refractivity contribution in [3.8, 4) is 6.07 Å². The number of nitrogens with zero attached hydrogens (tertiary/aromatic N) is 2. The fourth-order valence-corrected chi connectivity index (χ4v) is 3.60. The number of carboxylic acids is 1. The van der Waals surface area contributed by atoms with E-state index in [1.165, 1.54) is 6.07 Å². The Morgan fingerprint density at radius 2 is 1.73 bits per heavy atom. The van der Waals surface area contributed by atoms with Crippen molar-refractivity contribution < 1.29 is 33.4 Å². The lowest BCUT2D eigenvalue weighted by Gasteiger charge is -2.35. The van der Waals surface area contributed by atoms with E-state index in [2.05, 4.69) is 0 Å². The summed E-state index contributed by atoms with van der Waals surface area (Å²) in [7, 11) is 2.18. The number of benzene rings is 2. The standard InChI is InChI=1S/C23H18FN3O6/c1-32-22(30)18-17(12-6-4-3-5-7-12)15(11-25)20(26)27(19(18)23(31)33-2)13-8-9-14(21(28)29)16(24)10-13/h3-10,17H,26H2,1-2H3,(H,28,29). The van der Waals surface area contributed by atoms with E-state index in [0.29, 0.717) is 5.56 Å². The highest BCUT2D eigenvalue weighted by atomic mass is 19.1. The largest absolute Gasteiger partial charge is 0.478 e. The van der Waals surface area contributed by atoms with Gasteiger partial charge < -0.3 is 20.3 Å². The number of hydrogen-bond donors (Lipinski definition) is 2. The molecule has 10 heteroatoms. The third-order valence-corrected chi connectivity index (χ3v) is 5.05. The van der Waals surface area contributed by atoms with Gasteiger partial charge in [0.2, 0.25) is 0 Å². The van der Waals surface area contributed by atoms with Crippen molar-refractivity contribution in [2.45, 2.75) is 5.92 Å². The third kappa shape index (κ3) is 3.99. The molecule has 0 radical (unpaired) electrons. The highest BCUT2D eigenvalue weighted by Gasteiger charge is 2.43. The molecule has 33 heavy (non-hydrogen) atoms. The van der Waals surface area contributed by atoms with Crippen molar-refractivity contribution in [3.05, 3.63) is 88.1 Å². The van der Waals surface area contributed by atoms with Crippen molar-refractivity contribution in [1.82, 2.24) is 0 Å². The van der Waals surface area contributed by atoms with Gasteiger partial charge in [-0.15, -0.1) is 0 Å². The Bertz CT molecular complexity index is 1250. The van der Waals surface area contributed by atoms with Crippen LogP contribution in [0, 0.1) is 17.1 Å². The van der Waals surface area contributed by atoms with Gasteiger partial charge in [-0.05, 0) is 23.8 Å². The Hall–Kier alpha value is -4.65. The molecule has 168 valence electrons. The zero-order chi connectivity index (χ0) is 24.3. The number of rotatable bonds is 5. The highest BCUT2D eigenvalue weighted by molar-refractivity contribution is 6.06. The summed E-state index contributed by atoms with van der Waals surface area (Å²) in [6.07, 6.45) is 0. The lowest BCUT2D eigenvalue weighted by Crippen LogP contribution is -2.40. The van der Waals surface area contributed by atoms with Gasteiger partial charge in [-0.3, -0.25) is 4.90 Å². The molecule has 0 saturated carbocycles. The maximum absolute atomic E-state index is 14.5. The molecule has 1 unspecified atom stereocenters. The Labute approximate surface area is 187 Å². The average molecular weight is 451 g/mol. The van der Waals surface area contributed by atoms with Crippen molar-refractivity contribution in [1.29, 1.82) is 5.26 Å². The SMILES string of the molecule is COC(=O)C1=C(C(=O)OC)N(c2ccc(C(=O)O)c(F)c2)C(N)=C(C#N)C1c1ccccc1. The molecule has 3 N–H and O–H groups in total. The summed E-state index contributed by atoms with van der Waals surface area (Å²) in [5, 5.41) is 19.0. The van der Waals surface area contributed by atoms with Gasteiger partial charge in [-0.25, -0.2) is 18.8 Å². The zero-order valence-electron chi connectivity index (χ0n) is 17.5. The van der Waals surface area contributed by atoms with Crippen LogP contribution in [0.2, 0.25) is 0 Å². The summed E-state index contributed by atoms with van der Waals surface area (Å²) in [6.45, 7) is 0. The van der Waals surface area contributed by atoms with Crippen LogP contribution in [0.1, 0.15) is 21.8 Å². The maximum Gasteiger partial charge on any atom is 0.355 e. The summed E-state index contributed by atoms with van der Waals surface area (Å²) in [4.78, 5) is 38.0. The molecule has 1 aliphatic rings. The van der Waals surface area contributed by atoms with E-state index in [1.54, 1.807) is 30.3 Å². The van der Waals surface area contributed by atoms with Crippen molar-refractivity contribution in [2.24, 2.45) is 5.73 Å².